The summed E-state index contributed by atoms with van der Waals surface area (Å²) in [7, 11) is 2.12. The third-order valence-electron chi connectivity index (χ3n) is 12.6. The molecular weight excluding hydrogens is 889 g/mol. The van der Waals surface area contributed by atoms with Crippen LogP contribution in [-0.2, 0) is 0 Å². The number of ether oxygens (including phenoxy) is 2. The van der Waals surface area contributed by atoms with Crippen molar-refractivity contribution in [3.63, 3.8) is 0 Å². The molecule has 0 amide bonds. The van der Waals surface area contributed by atoms with Crippen molar-refractivity contribution in [1.82, 2.24) is 40.1 Å². The van der Waals surface area contributed by atoms with Crippen LogP contribution in [0, 0.1) is 23.3 Å². The average molecular weight is 951 g/mol. The predicted octanol–water partition coefficient (Wildman–Crippen LogP) is 10.1. The molecule has 2 atom stereocenters. The van der Waals surface area contributed by atoms with Crippen LogP contribution in [0.3, 0.4) is 0 Å². The quantitative estimate of drug-likeness (QED) is 0.112. The molecule has 0 spiro atoms. The lowest BCUT2D eigenvalue weighted by atomic mass is 10.0. The second-order valence-corrected chi connectivity index (χ2v) is 17.8. The maximum atomic E-state index is 14.9. The number of hydrogen-bond donors (Lipinski definition) is 3. The SMILES string of the molecule is C.C.CC(C)N1CCOc2c(F)cc(-c3nc(Nc4ccc(C5CCN(C)C5)cn4)ncc3F)cc21.CC(C)N1CCOc2c(F)cc(-c3nc(Nc4ccc(C5CCNC5)cn4)ncc3F)cc21. The van der Waals surface area contributed by atoms with Gasteiger partial charge in [-0.05, 0) is 120 Å². The molecule has 14 nitrogen and oxygen atoms in total. The molecule has 69 heavy (non-hydrogen) atoms. The first-order valence-corrected chi connectivity index (χ1v) is 22.8. The number of hydrogen-bond acceptors (Lipinski definition) is 14. The number of nitrogens with one attached hydrogen (secondary N) is 3. The Hall–Kier alpha value is -6.66. The van der Waals surface area contributed by atoms with Gasteiger partial charge in [0.1, 0.15) is 36.2 Å². The molecule has 18 heteroatoms. The van der Waals surface area contributed by atoms with Crippen molar-refractivity contribution in [3.8, 4) is 34.0 Å². The zero-order valence-electron chi connectivity index (χ0n) is 38.2. The molecule has 2 saturated heterocycles. The van der Waals surface area contributed by atoms with E-state index in [0.29, 0.717) is 72.3 Å². The molecule has 0 aliphatic carbocycles. The van der Waals surface area contributed by atoms with Crippen LogP contribution in [0.2, 0.25) is 0 Å². The number of halogens is 4. The van der Waals surface area contributed by atoms with E-state index in [2.05, 4.69) is 57.8 Å². The summed E-state index contributed by atoms with van der Waals surface area (Å²) in [4.78, 5) is 32.1. The van der Waals surface area contributed by atoms with Gasteiger partial charge in [0.2, 0.25) is 11.9 Å². The minimum atomic E-state index is -0.634. The van der Waals surface area contributed by atoms with E-state index in [1.807, 2.05) is 74.2 Å². The number of anilines is 6. The zero-order chi connectivity index (χ0) is 46.8. The molecule has 2 unspecified atom stereocenters. The van der Waals surface area contributed by atoms with E-state index in [1.54, 1.807) is 12.1 Å². The third-order valence-corrected chi connectivity index (χ3v) is 12.6. The Morgan fingerprint density at radius 3 is 1.51 bits per heavy atom. The van der Waals surface area contributed by atoms with Crippen molar-refractivity contribution >= 4 is 34.9 Å². The highest BCUT2D eigenvalue weighted by atomic mass is 19.1. The van der Waals surface area contributed by atoms with Gasteiger partial charge in [-0.3, -0.25) is 0 Å². The Morgan fingerprint density at radius 1 is 0.609 bits per heavy atom. The monoisotopic (exact) mass is 951 g/mol. The minimum Gasteiger partial charge on any atom is -0.486 e. The smallest absolute Gasteiger partial charge is 0.229 e. The van der Waals surface area contributed by atoms with Gasteiger partial charge in [0, 0.05) is 48.7 Å². The van der Waals surface area contributed by atoms with Crippen molar-refractivity contribution in [2.45, 2.75) is 79.3 Å². The fourth-order valence-corrected chi connectivity index (χ4v) is 9.03. The summed E-state index contributed by atoms with van der Waals surface area (Å²) in [5.41, 5.74) is 4.23. The van der Waals surface area contributed by atoms with Crippen LogP contribution >= 0.6 is 0 Å². The summed E-state index contributed by atoms with van der Waals surface area (Å²) in [5, 5.41) is 9.40. The van der Waals surface area contributed by atoms with E-state index >= 15 is 0 Å². The van der Waals surface area contributed by atoms with Gasteiger partial charge in [-0.15, -0.1) is 0 Å². The van der Waals surface area contributed by atoms with Gasteiger partial charge in [0.05, 0.1) is 36.9 Å². The van der Waals surface area contributed by atoms with E-state index in [9.17, 15) is 17.6 Å². The summed E-state index contributed by atoms with van der Waals surface area (Å²) < 4.78 is 70.2. The molecule has 0 bridgehead atoms. The van der Waals surface area contributed by atoms with Gasteiger partial charge in [0.25, 0.3) is 0 Å². The summed E-state index contributed by atoms with van der Waals surface area (Å²) in [6, 6.07) is 14.0. The highest BCUT2D eigenvalue weighted by Crippen LogP contribution is 2.41. The molecule has 6 aromatic rings. The second kappa shape index (κ2) is 21.7. The van der Waals surface area contributed by atoms with E-state index in [4.69, 9.17) is 9.47 Å². The molecule has 0 radical (unpaired) electrons. The maximum absolute atomic E-state index is 14.9. The molecule has 10 rings (SSSR count). The molecule has 4 aliphatic rings. The van der Waals surface area contributed by atoms with E-state index in [1.165, 1.54) is 23.3 Å². The topological polar surface area (TPSA) is 142 Å². The van der Waals surface area contributed by atoms with Gasteiger partial charge in [0.15, 0.2) is 34.8 Å². The molecule has 0 saturated carbocycles. The molecule has 2 fully saturated rings. The van der Waals surface area contributed by atoms with Gasteiger partial charge >= 0.3 is 0 Å². The largest absolute Gasteiger partial charge is 0.486 e. The summed E-state index contributed by atoms with van der Waals surface area (Å²) in [6.07, 6.45) is 8.07. The van der Waals surface area contributed by atoms with Crippen molar-refractivity contribution in [3.05, 3.63) is 108 Å². The molecule has 4 aromatic heterocycles. The number of fused-ring (bicyclic) bond motifs is 2. The summed E-state index contributed by atoms with van der Waals surface area (Å²) in [5.74, 6) is 0.457. The van der Waals surface area contributed by atoms with Crippen molar-refractivity contribution in [2.24, 2.45) is 0 Å². The van der Waals surface area contributed by atoms with Crippen LogP contribution in [0.25, 0.3) is 22.5 Å². The van der Waals surface area contributed by atoms with Gasteiger partial charge in [-0.2, -0.15) is 0 Å². The number of pyridine rings is 2. The normalized spacial score (nSPS) is 17.4. The van der Waals surface area contributed by atoms with Crippen LogP contribution in [0.1, 0.15) is 78.4 Å². The van der Waals surface area contributed by atoms with E-state index in [0.717, 1.165) is 51.4 Å². The number of benzene rings is 2. The van der Waals surface area contributed by atoms with E-state index < -0.39 is 23.3 Å². The molecule has 8 heterocycles. The van der Waals surface area contributed by atoms with Crippen molar-refractivity contribution in [1.29, 1.82) is 0 Å². The van der Waals surface area contributed by atoms with Crippen molar-refractivity contribution in [2.75, 3.05) is 80.0 Å². The van der Waals surface area contributed by atoms with Gasteiger partial charge < -0.3 is 40.1 Å². The summed E-state index contributed by atoms with van der Waals surface area (Å²) in [6.45, 7) is 14.2. The number of likely N-dealkylation sites (tertiary alicyclic amines) is 1. The number of likely N-dealkylation sites (N-methyl/N-ethyl adjacent to an activating group) is 1. The zero-order valence-corrected chi connectivity index (χ0v) is 38.2. The predicted molar refractivity (Wildman–Crippen MR) is 264 cm³/mol. The fraction of sp³-hybridized carbons (Fsp3) is 0.412. The van der Waals surface area contributed by atoms with E-state index in [-0.39, 0.29) is 61.7 Å². The maximum Gasteiger partial charge on any atom is 0.229 e. The molecule has 2 aromatic carbocycles. The molecular formula is C51H62F4N12O2. The summed E-state index contributed by atoms with van der Waals surface area (Å²) >= 11 is 0. The first kappa shape index (κ1) is 50.2. The molecule has 366 valence electrons. The Kier molecular flexibility index (Phi) is 15.8. The third kappa shape index (κ3) is 11.1. The van der Waals surface area contributed by atoms with Crippen LogP contribution in [-0.4, -0.2) is 106 Å². The number of rotatable bonds is 10. The van der Waals surface area contributed by atoms with Crippen LogP contribution in [0.5, 0.6) is 11.5 Å². The number of nitrogens with zero attached hydrogens (tertiary/aromatic N) is 9. The average Bonchev–Trinajstić information content (AvgIpc) is 4.03. The lowest BCUT2D eigenvalue weighted by Crippen LogP contribution is -2.38. The fourth-order valence-electron chi connectivity index (χ4n) is 9.03. The number of aromatic nitrogens is 6. The first-order chi connectivity index (χ1) is 32.4. The Bertz CT molecular complexity index is 2710. The lowest BCUT2D eigenvalue weighted by Gasteiger charge is -2.34. The van der Waals surface area contributed by atoms with Gasteiger partial charge in [-0.25, -0.2) is 47.5 Å². The molecule has 3 N–H and O–H groups in total. The highest BCUT2D eigenvalue weighted by Gasteiger charge is 2.28. The Morgan fingerprint density at radius 2 is 1.10 bits per heavy atom. The minimum absolute atomic E-state index is 0. The molecule has 4 aliphatic heterocycles. The standard InChI is InChI=1S/C25H28F2N6O.C24H26F2N6O.2CH4/c1-15(2)33-8-9-34-24-19(26)10-18(11-21(24)33)23-20(27)13-29-25(31-23)30-22-5-4-16(12-28-22)17-6-7-32(3)14-17;1-14(2)32-7-8-33-23-18(25)9-17(10-20(23)32)22-19(26)13-29-24(31-22)30-21-4-3-15(12-28-21)16-5-6-27-11-16;;/h4-5,10-13,15,17H,6-9,14H2,1-3H3,(H,28,29,30,31);3-4,9-10,12-14,16,27H,5-8,11H2,1-2H3,(H,28,29,30,31);2*1H4. The van der Waals surface area contributed by atoms with Crippen LogP contribution < -0.4 is 35.2 Å². The van der Waals surface area contributed by atoms with Crippen molar-refractivity contribution < 1.29 is 27.0 Å². The van der Waals surface area contributed by atoms with Gasteiger partial charge in [-0.1, -0.05) is 27.0 Å². The second-order valence-electron chi connectivity index (χ2n) is 17.8. The Balaban J connectivity index is 0.000000198. The highest BCUT2D eigenvalue weighted by molar-refractivity contribution is 5.74. The van der Waals surface area contributed by atoms with Crippen LogP contribution in [0.4, 0.5) is 52.5 Å². The van der Waals surface area contributed by atoms with Crippen LogP contribution in [0.15, 0.2) is 73.3 Å². The lowest BCUT2D eigenvalue weighted by molar-refractivity contribution is 0.287. The Labute approximate surface area is 402 Å². The first-order valence-electron chi connectivity index (χ1n) is 22.8.